The number of nitrogens with two attached hydrogens (primary N) is 1. The molecule has 0 aliphatic rings. The van der Waals surface area contributed by atoms with E-state index in [2.05, 4.69) is 33.0 Å². The molecule has 0 fully saturated rings. The number of rotatable bonds is 6. The maximum absolute atomic E-state index is 12.0. The normalized spacial score (nSPS) is 13.4. The molecule has 1 aromatic rings. The van der Waals surface area contributed by atoms with Gasteiger partial charge in [0.2, 0.25) is 5.91 Å². The van der Waals surface area contributed by atoms with Crippen LogP contribution in [0.5, 0.6) is 0 Å². The third kappa shape index (κ3) is 5.43. The third-order valence-electron chi connectivity index (χ3n) is 3.14. The summed E-state index contributed by atoms with van der Waals surface area (Å²) in [5.74, 6) is 0.512. The van der Waals surface area contributed by atoms with E-state index in [4.69, 9.17) is 5.73 Å². The van der Waals surface area contributed by atoms with Crippen LogP contribution < -0.4 is 11.1 Å². The molecule has 3 N–H and O–H groups in total. The van der Waals surface area contributed by atoms with Crippen molar-refractivity contribution in [3.05, 3.63) is 35.9 Å². The first-order valence-electron chi connectivity index (χ1n) is 6.90. The summed E-state index contributed by atoms with van der Waals surface area (Å²) in [6, 6.07) is 8.87. The fourth-order valence-electron chi connectivity index (χ4n) is 2.43. The van der Waals surface area contributed by atoms with E-state index >= 15 is 0 Å². The first-order valence-corrected chi connectivity index (χ1v) is 6.90. The van der Waals surface area contributed by atoms with Crippen molar-refractivity contribution in [1.82, 2.24) is 5.32 Å². The maximum Gasteiger partial charge on any atom is 0.241 e. The lowest BCUT2D eigenvalue weighted by Crippen LogP contribution is -2.40. The number of hydrogen-bond donors (Lipinski definition) is 2. The minimum absolute atomic E-state index is 0.0975. The van der Waals surface area contributed by atoms with Crippen LogP contribution in [0, 0.1) is 11.3 Å². The summed E-state index contributed by atoms with van der Waals surface area (Å²) in [6.45, 7) is 9.38. The van der Waals surface area contributed by atoms with E-state index < -0.39 is 6.04 Å². The summed E-state index contributed by atoms with van der Waals surface area (Å²) in [5, 5.41) is 2.96. The van der Waals surface area contributed by atoms with E-state index in [9.17, 15) is 4.79 Å². The molecule has 0 heterocycles. The van der Waals surface area contributed by atoms with Gasteiger partial charge >= 0.3 is 0 Å². The van der Waals surface area contributed by atoms with Crippen molar-refractivity contribution < 1.29 is 4.79 Å². The molecule has 0 saturated heterocycles. The number of benzene rings is 1. The molecular weight excluding hydrogens is 236 g/mol. The van der Waals surface area contributed by atoms with E-state index in [-0.39, 0.29) is 11.3 Å². The highest BCUT2D eigenvalue weighted by Crippen LogP contribution is 2.24. The summed E-state index contributed by atoms with van der Waals surface area (Å²) < 4.78 is 0. The highest BCUT2D eigenvalue weighted by molar-refractivity contribution is 5.82. The third-order valence-corrected chi connectivity index (χ3v) is 3.14. The van der Waals surface area contributed by atoms with Crippen LogP contribution in [-0.2, 0) is 4.79 Å². The number of hydrogen-bond acceptors (Lipinski definition) is 2. The van der Waals surface area contributed by atoms with Gasteiger partial charge < -0.3 is 11.1 Å². The Morgan fingerprint density at radius 3 is 2.37 bits per heavy atom. The van der Waals surface area contributed by atoms with Gasteiger partial charge in [-0.05, 0) is 23.3 Å². The second-order valence-corrected chi connectivity index (χ2v) is 6.37. The average Bonchev–Trinajstić information content (AvgIpc) is 2.34. The van der Waals surface area contributed by atoms with Crippen molar-refractivity contribution in [2.24, 2.45) is 17.1 Å². The molecule has 1 unspecified atom stereocenters. The fraction of sp³-hybridized carbons (Fsp3) is 0.562. The largest absolute Gasteiger partial charge is 0.354 e. The quantitative estimate of drug-likeness (QED) is 0.828. The van der Waals surface area contributed by atoms with Gasteiger partial charge in [0.05, 0.1) is 0 Å². The van der Waals surface area contributed by atoms with Crippen molar-refractivity contribution in [1.29, 1.82) is 0 Å². The molecule has 1 rings (SSSR count). The van der Waals surface area contributed by atoms with Crippen LogP contribution in [0.2, 0.25) is 0 Å². The summed E-state index contributed by atoms with van der Waals surface area (Å²) in [4.78, 5) is 12.0. The summed E-state index contributed by atoms with van der Waals surface area (Å²) >= 11 is 0. The standard InChI is InChI=1S/C16H26N2O/c1-12(2)10-16(3,4)11-18-15(19)14(17)13-8-6-5-7-9-13/h5-9,12,14H,10-11,17H2,1-4H3,(H,18,19). The second kappa shape index (κ2) is 6.71. The van der Waals surface area contributed by atoms with Crippen molar-refractivity contribution >= 4 is 5.91 Å². The van der Waals surface area contributed by atoms with Gasteiger partial charge in [-0.15, -0.1) is 0 Å². The van der Waals surface area contributed by atoms with E-state index in [1.807, 2.05) is 30.3 Å². The van der Waals surface area contributed by atoms with Crippen LogP contribution in [0.3, 0.4) is 0 Å². The molecule has 0 radical (unpaired) electrons. The molecule has 1 atom stereocenters. The first kappa shape index (κ1) is 15.7. The monoisotopic (exact) mass is 262 g/mol. The lowest BCUT2D eigenvalue weighted by Gasteiger charge is -2.27. The Bertz CT molecular complexity index is 398. The highest BCUT2D eigenvalue weighted by atomic mass is 16.2. The van der Waals surface area contributed by atoms with Crippen LogP contribution >= 0.6 is 0 Å². The van der Waals surface area contributed by atoms with E-state index in [0.717, 1.165) is 12.0 Å². The van der Waals surface area contributed by atoms with Crippen LogP contribution in [-0.4, -0.2) is 12.5 Å². The molecule has 106 valence electrons. The van der Waals surface area contributed by atoms with Gasteiger partial charge in [-0.3, -0.25) is 4.79 Å². The van der Waals surface area contributed by atoms with Gasteiger partial charge in [-0.2, -0.15) is 0 Å². The minimum atomic E-state index is -0.587. The van der Waals surface area contributed by atoms with Crippen LogP contribution in [0.4, 0.5) is 0 Å². The van der Waals surface area contributed by atoms with Crippen molar-refractivity contribution in [2.75, 3.05) is 6.54 Å². The molecule has 3 heteroatoms. The SMILES string of the molecule is CC(C)CC(C)(C)CNC(=O)C(N)c1ccccc1. The lowest BCUT2D eigenvalue weighted by atomic mass is 9.84. The van der Waals surface area contributed by atoms with E-state index in [1.165, 1.54) is 0 Å². The molecule has 0 saturated carbocycles. The molecule has 1 aromatic carbocycles. The molecule has 0 aliphatic heterocycles. The Hall–Kier alpha value is -1.35. The number of carbonyl (C=O) groups excluding carboxylic acids is 1. The molecular formula is C16H26N2O. The predicted molar refractivity (Wildman–Crippen MR) is 79.6 cm³/mol. The van der Waals surface area contributed by atoms with Gasteiger partial charge in [0.15, 0.2) is 0 Å². The molecule has 19 heavy (non-hydrogen) atoms. The zero-order valence-corrected chi connectivity index (χ0v) is 12.4. The van der Waals surface area contributed by atoms with Gasteiger partial charge in [-0.1, -0.05) is 58.0 Å². The van der Waals surface area contributed by atoms with Crippen LogP contribution in [0.1, 0.15) is 45.7 Å². The van der Waals surface area contributed by atoms with Crippen LogP contribution in [0.25, 0.3) is 0 Å². The Morgan fingerprint density at radius 1 is 1.26 bits per heavy atom. The highest BCUT2D eigenvalue weighted by Gasteiger charge is 2.22. The first-order chi connectivity index (χ1) is 8.82. The summed E-state index contributed by atoms with van der Waals surface area (Å²) in [7, 11) is 0. The molecule has 0 aliphatic carbocycles. The zero-order valence-electron chi connectivity index (χ0n) is 12.4. The molecule has 0 bridgehead atoms. The predicted octanol–water partition coefficient (Wildman–Crippen LogP) is 2.87. The molecule has 3 nitrogen and oxygen atoms in total. The number of nitrogens with one attached hydrogen (secondary N) is 1. The van der Waals surface area contributed by atoms with Gasteiger partial charge in [0.1, 0.15) is 6.04 Å². The average molecular weight is 262 g/mol. The Morgan fingerprint density at radius 2 is 1.84 bits per heavy atom. The summed E-state index contributed by atoms with van der Waals surface area (Å²) in [5.41, 5.74) is 6.90. The number of amides is 1. The molecule has 0 spiro atoms. The minimum Gasteiger partial charge on any atom is -0.354 e. The fourth-order valence-corrected chi connectivity index (χ4v) is 2.43. The lowest BCUT2D eigenvalue weighted by molar-refractivity contribution is -0.123. The Labute approximate surface area is 116 Å². The zero-order chi connectivity index (χ0) is 14.5. The van der Waals surface area contributed by atoms with Gasteiger partial charge in [0, 0.05) is 6.54 Å². The molecule has 0 aromatic heterocycles. The maximum atomic E-state index is 12.0. The molecule has 1 amide bonds. The smallest absolute Gasteiger partial charge is 0.241 e. The Balaban J connectivity index is 2.52. The van der Waals surface area contributed by atoms with E-state index in [0.29, 0.717) is 12.5 Å². The van der Waals surface area contributed by atoms with Gasteiger partial charge in [-0.25, -0.2) is 0 Å². The van der Waals surface area contributed by atoms with Crippen LogP contribution in [0.15, 0.2) is 30.3 Å². The van der Waals surface area contributed by atoms with Gasteiger partial charge in [0.25, 0.3) is 0 Å². The Kier molecular flexibility index (Phi) is 5.55. The van der Waals surface area contributed by atoms with Crippen molar-refractivity contribution in [2.45, 2.75) is 40.2 Å². The van der Waals surface area contributed by atoms with Crippen molar-refractivity contribution in [3.63, 3.8) is 0 Å². The van der Waals surface area contributed by atoms with E-state index in [1.54, 1.807) is 0 Å². The topological polar surface area (TPSA) is 55.1 Å². The van der Waals surface area contributed by atoms with Crippen molar-refractivity contribution in [3.8, 4) is 0 Å². The second-order valence-electron chi connectivity index (χ2n) is 6.37. The number of carbonyl (C=O) groups is 1. The summed E-state index contributed by atoms with van der Waals surface area (Å²) in [6.07, 6.45) is 1.08.